The highest BCUT2D eigenvalue weighted by molar-refractivity contribution is 5.78. The van der Waals surface area contributed by atoms with E-state index in [-0.39, 0.29) is 5.54 Å². The second kappa shape index (κ2) is 6.41. The zero-order valence-corrected chi connectivity index (χ0v) is 12.7. The Balaban J connectivity index is 2.30. The second-order valence-electron chi connectivity index (χ2n) is 6.91. The molecule has 4 heteroatoms. The van der Waals surface area contributed by atoms with E-state index in [4.69, 9.17) is 5.73 Å². The molecule has 1 aliphatic rings. The van der Waals surface area contributed by atoms with E-state index < -0.39 is 0 Å². The van der Waals surface area contributed by atoms with Gasteiger partial charge < -0.3 is 16.0 Å². The minimum Gasteiger partial charge on any atom is -0.370 e. The van der Waals surface area contributed by atoms with Crippen molar-refractivity contribution < 1.29 is 0 Å². The van der Waals surface area contributed by atoms with E-state index in [0.717, 1.165) is 12.5 Å². The maximum absolute atomic E-state index is 5.88. The first-order valence-electron chi connectivity index (χ1n) is 7.06. The van der Waals surface area contributed by atoms with E-state index in [9.17, 15) is 0 Å². The van der Waals surface area contributed by atoms with Gasteiger partial charge in [-0.1, -0.05) is 13.8 Å². The zero-order valence-electron chi connectivity index (χ0n) is 12.7. The molecule has 18 heavy (non-hydrogen) atoms. The van der Waals surface area contributed by atoms with Crippen LogP contribution in [-0.2, 0) is 0 Å². The summed E-state index contributed by atoms with van der Waals surface area (Å²) >= 11 is 0. The summed E-state index contributed by atoms with van der Waals surface area (Å²) in [7, 11) is 0. The third kappa shape index (κ3) is 6.24. The van der Waals surface area contributed by atoms with E-state index in [2.05, 4.69) is 49.8 Å². The van der Waals surface area contributed by atoms with Gasteiger partial charge in [0.25, 0.3) is 0 Å². The molecule has 0 spiro atoms. The molecule has 1 heterocycles. The molecule has 0 aromatic heterocycles. The van der Waals surface area contributed by atoms with Crippen LogP contribution in [0.15, 0.2) is 4.99 Å². The topological polar surface area (TPSA) is 53.6 Å². The van der Waals surface area contributed by atoms with Crippen LogP contribution in [0.4, 0.5) is 0 Å². The summed E-state index contributed by atoms with van der Waals surface area (Å²) in [5.74, 6) is 1.99. The average Bonchev–Trinajstić information content (AvgIpc) is 2.59. The van der Waals surface area contributed by atoms with Crippen LogP contribution in [0.3, 0.4) is 0 Å². The minimum absolute atomic E-state index is 0.00701. The van der Waals surface area contributed by atoms with Crippen LogP contribution >= 0.6 is 0 Å². The van der Waals surface area contributed by atoms with Gasteiger partial charge in [0, 0.05) is 25.2 Å². The molecule has 106 valence electrons. The van der Waals surface area contributed by atoms with Crippen LogP contribution in [0.2, 0.25) is 0 Å². The Labute approximate surface area is 112 Å². The number of hydrogen-bond donors (Lipinski definition) is 2. The monoisotopic (exact) mass is 254 g/mol. The fraction of sp³-hybridized carbons (Fsp3) is 0.929. The molecule has 1 rings (SSSR count). The van der Waals surface area contributed by atoms with Gasteiger partial charge in [0.05, 0.1) is 0 Å². The van der Waals surface area contributed by atoms with E-state index in [0.29, 0.717) is 11.9 Å². The first kappa shape index (κ1) is 15.3. The van der Waals surface area contributed by atoms with Crippen molar-refractivity contribution in [2.45, 2.75) is 46.6 Å². The van der Waals surface area contributed by atoms with E-state index in [1.807, 2.05) is 0 Å². The van der Waals surface area contributed by atoms with E-state index >= 15 is 0 Å². The van der Waals surface area contributed by atoms with Gasteiger partial charge in [-0.2, -0.15) is 0 Å². The van der Waals surface area contributed by atoms with Gasteiger partial charge in [0.15, 0.2) is 5.96 Å². The summed E-state index contributed by atoms with van der Waals surface area (Å²) in [6.07, 6.45) is 1.25. The standard InChI is InChI=1S/C14H30N4/c1-11(2)9-18-7-6-12(10-18)8-16-13(15)17-14(3,4)5/h11-12H,6-10H2,1-5H3,(H3,15,16,17). The van der Waals surface area contributed by atoms with E-state index in [1.54, 1.807) is 0 Å². The maximum Gasteiger partial charge on any atom is 0.188 e. The molecule has 0 amide bonds. The van der Waals surface area contributed by atoms with Gasteiger partial charge in [-0.15, -0.1) is 0 Å². The van der Waals surface area contributed by atoms with Crippen molar-refractivity contribution in [3.63, 3.8) is 0 Å². The third-order valence-electron chi connectivity index (χ3n) is 3.02. The van der Waals surface area contributed by atoms with Crippen LogP contribution in [0, 0.1) is 11.8 Å². The van der Waals surface area contributed by atoms with Crippen molar-refractivity contribution in [1.29, 1.82) is 0 Å². The Bertz CT molecular complexity index is 278. The average molecular weight is 254 g/mol. The van der Waals surface area contributed by atoms with Crippen LogP contribution in [0.5, 0.6) is 0 Å². The normalized spacial score (nSPS) is 22.8. The molecular formula is C14H30N4. The number of nitrogens with one attached hydrogen (secondary N) is 1. The molecule has 0 aliphatic carbocycles. The van der Waals surface area contributed by atoms with Gasteiger partial charge >= 0.3 is 0 Å². The Hall–Kier alpha value is -0.770. The molecule has 1 atom stereocenters. The van der Waals surface area contributed by atoms with Gasteiger partial charge in [-0.3, -0.25) is 4.99 Å². The van der Waals surface area contributed by atoms with Crippen LogP contribution in [0.25, 0.3) is 0 Å². The number of hydrogen-bond acceptors (Lipinski definition) is 2. The minimum atomic E-state index is -0.00701. The lowest BCUT2D eigenvalue weighted by Crippen LogP contribution is -2.45. The first-order chi connectivity index (χ1) is 8.26. The van der Waals surface area contributed by atoms with Crippen molar-refractivity contribution in [2.75, 3.05) is 26.2 Å². The lowest BCUT2D eigenvalue weighted by molar-refractivity contribution is 0.288. The number of aliphatic imine (C=N–C) groups is 1. The van der Waals surface area contributed by atoms with E-state index in [1.165, 1.54) is 26.1 Å². The third-order valence-corrected chi connectivity index (χ3v) is 3.02. The molecule has 1 fully saturated rings. The van der Waals surface area contributed by atoms with Gasteiger partial charge in [0.2, 0.25) is 0 Å². The number of guanidine groups is 1. The Morgan fingerprint density at radius 1 is 1.44 bits per heavy atom. The van der Waals surface area contributed by atoms with Crippen LogP contribution in [-0.4, -0.2) is 42.6 Å². The SMILES string of the molecule is CC(C)CN1CCC(CN=C(N)NC(C)(C)C)C1. The highest BCUT2D eigenvalue weighted by Crippen LogP contribution is 2.17. The molecule has 0 radical (unpaired) electrons. The molecular weight excluding hydrogens is 224 g/mol. The van der Waals surface area contributed by atoms with Crippen molar-refractivity contribution in [3.8, 4) is 0 Å². The summed E-state index contributed by atoms with van der Waals surface area (Å²) in [5, 5.41) is 3.20. The first-order valence-corrected chi connectivity index (χ1v) is 7.06. The molecule has 0 bridgehead atoms. The number of nitrogens with two attached hydrogens (primary N) is 1. The number of rotatable bonds is 4. The molecule has 0 aromatic carbocycles. The number of nitrogens with zero attached hydrogens (tertiary/aromatic N) is 2. The smallest absolute Gasteiger partial charge is 0.188 e. The quantitative estimate of drug-likeness (QED) is 0.593. The lowest BCUT2D eigenvalue weighted by Gasteiger charge is -2.21. The molecule has 0 saturated carbocycles. The fourth-order valence-electron chi connectivity index (χ4n) is 2.40. The van der Waals surface area contributed by atoms with Crippen molar-refractivity contribution >= 4 is 5.96 Å². The molecule has 1 unspecified atom stereocenters. The summed E-state index contributed by atoms with van der Waals surface area (Å²) < 4.78 is 0. The lowest BCUT2D eigenvalue weighted by atomic mass is 10.1. The van der Waals surface area contributed by atoms with Gasteiger partial charge in [-0.25, -0.2) is 0 Å². The predicted molar refractivity (Wildman–Crippen MR) is 78.8 cm³/mol. The zero-order chi connectivity index (χ0) is 13.8. The second-order valence-corrected chi connectivity index (χ2v) is 6.91. The molecule has 3 N–H and O–H groups in total. The molecule has 4 nitrogen and oxygen atoms in total. The predicted octanol–water partition coefficient (Wildman–Crippen LogP) is 1.67. The summed E-state index contributed by atoms with van der Waals surface area (Å²) in [6.45, 7) is 15.3. The van der Waals surface area contributed by atoms with Crippen LogP contribution in [0.1, 0.15) is 41.0 Å². The van der Waals surface area contributed by atoms with Crippen LogP contribution < -0.4 is 11.1 Å². The molecule has 0 aromatic rings. The Morgan fingerprint density at radius 3 is 2.67 bits per heavy atom. The summed E-state index contributed by atoms with van der Waals surface area (Å²) in [6, 6.07) is 0. The fourth-order valence-corrected chi connectivity index (χ4v) is 2.40. The maximum atomic E-state index is 5.88. The highest BCUT2D eigenvalue weighted by atomic mass is 15.2. The number of likely N-dealkylation sites (tertiary alicyclic amines) is 1. The van der Waals surface area contributed by atoms with Gasteiger partial charge in [0.1, 0.15) is 0 Å². The van der Waals surface area contributed by atoms with Crippen molar-refractivity contribution in [2.24, 2.45) is 22.6 Å². The molecule has 1 aliphatic heterocycles. The Morgan fingerprint density at radius 2 is 2.11 bits per heavy atom. The largest absolute Gasteiger partial charge is 0.370 e. The molecule has 1 saturated heterocycles. The van der Waals surface area contributed by atoms with Gasteiger partial charge in [-0.05, 0) is 45.6 Å². The summed E-state index contributed by atoms with van der Waals surface area (Å²) in [5.41, 5.74) is 5.87. The van der Waals surface area contributed by atoms with Crippen molar-refractivity contribution in [1.82, 2.24) is 10.2 Å². The van der Waals surface area contributed by atoms with Crippen molar-refractivity contribution in [3.05, 3.63) is 0 Å². The summed E-state index contributed by atoms with van der Waals surface area (Å²) in [4.78, 5) is 7.00. The Kier molecular flexibility index (Phi) is 5.45. The highest BCUT2D eigenvalue weighted by Gasteiger charge is 2.22.